The van der Waals surface area contributed by atoms with Crippen LogP contribution < -0.4 is 10.2 Å². The van der Waals surface area contributed by atoms with Crippen LogP contribution in [0.25, 0.3) is 6.08 Å². The normalized spacial score (nSPS) is 23.8. The Balaban J connectivity index is 1.41. The average molecular weight is 521 g/mol. The van der Waals surface area contributed by atoms with Crippen LogP contribution in [-0.2, 0) is 20.6 Å². The molecule has 3 heterocycles. The van der Waals surface area contributed by atoms with Gasteiger partial charge >= 0.3 is 6.18 Å². The van der Waals surface area contributed by atoms with Gasteiger partial charge in [-0.2, -0.15) is 13.2 Å². The number of carbonyl (C=O) groups excluding carboxylic acids is 3. The van der Waals surface area contributed by atoms with Gasteiger partial charge in [0.2, 0.25) is 17.7 Å². The van der Waals surface area contributed by atoms with E-state index in [0.717, 1.165) is 40.3 Å². The number of nitrogens with one attached hydrogen (secondary N) is 1. The van der Waals surface area contributed by atoms with E-state index in [1.807, 2.05) is 18.2 Å². The fraction of sp³-hybridized carbons (Fsp3) is 0.179. The van der Waals surface area contributed by atoms with E-state index >= 15 is 0 Å². The fourth-order valence-corrected chi connectivity index (χ4v) is 5.69. The Kier molecular flexibility index (Phi) is 5.37. The summed E-state index contributed by atoms with van der Waals surface area (Å²) in [5.41, 5.74) is 0.740. The molecule has 10 heteroatoms. The predicted molar refractivity (Wildman–Crippen MR) is 130 cm³/mol. The molecule has 38 heavy (non-hydrogen) atoms. The number of hydrogen-bond donors (Lipinski definition) is 1. The summed E-state index contributed by atoms with van der Waals surface area (Å²) in [6.45, 7) is 0. The van der Waals surface area contributed by atoms with E-state index in [2.05, 4.69) is 5.32 Å². The van der Waals surface area contributed by atoms with Crippen molar-refractivity contribution in [3.8, 4) is 0 Å². The lowest BCUT2D eigenvalue weighted by Gasteiger charge is -2.35. The number of hydrogen-bond acceptors (Lipinski definition) is 4. The van der Waals surface area contributed by atoms with Crippen molar-refractivity contribution in [1.82, 2.24) is 4.90 Å². The summed E-state index contributed by atoms with van der Waals surface area (Å²) in [5.74, 6) is -4.45. The van der Waals surface area contributed by atoms with Crippen molar-refractivity contribution >= 4 is 35.2 Å². The standard InChI is InChI=1S/C28H19F4N3O3/c29-17-8-10-19(11-9-17)35-26(37)21-22(27(35)38)24(34-13-12-15-4-1-2-7-20(15)23(21)34)25(36)33-18-6-3-5-16(14-18)28(30,31)32/h1-14,21-24H,(H,33,36). The van der Waals surface area contributed by atoms with Crippen LogP contribution in [0.3, 0.4) is 0 Å². The van der Waals surface area contributed by atoms with Crippen LogP contribution in [-0.4, -0.2) is 28.7 Å². The third kappa shape index (κ3) is 3.67. The van der Waals surface area contributed by atoms with Gasteiger partial charge < -0.3 is 10.2 Å². The minimum absolute atomic E-state index is 0.0848. The molecule has 3 aromatic carbocycles. The molecule has 1 N–H and O–H groups in total. The van der Waals surface area contributed by atoms with Crippen LogP contribution in [0.2, 0.25) is 0 Å². The largest absolute Gasteiger partial charge is 0.416 e. The smallest absolute Gasteiger partial charge is 0.357 e. The van der Waals surface area contributed by atoms with Gasteiger partial charge in [-0.3, -0.25) is 14.4 Å². The number of carbonyl (C=O) groups is 3. The quantitative estimate of drug-likeness (QED) is 0.389. The zero-order valence-electron chi connectivity index (χ0n) is 19.5. The van der Waals surface area contributed by atoms with Gasteiger partial charge in [0.05, 0.1) is 29.1 Å². The maximum atomic E-state index is 13.7. The van der Waals surface area contributed by atoms with Crippen molar-refractivity contribution in [3.05, 3.63) is 102 Å². The third-order valence-corrected chi connectivity index (χ3v) is 7.27. The van der Waals surface area contributed by atoms with Gasteiger partial charge in [0, 0.05) is 11.9 Å². The first-order valence-electron chi connectivity index (χ1n) is 11.8. The molecule has 3 aliphatic rings. The maximum Gasteiger partial charge on any atom is 0.416 e. The molecule has 0 aromatic heterocycles. The Labute approximate surface area is 214 Å². The van der Waals surface area contributed by atoms with Gasteiger partial charge in [-0.05, 0) is 59.7 Å². The Morgan fingerprint density at radius 1 is 0.868 bits per heavy atom. The minimum atomic E-state index is -4.60. The van der Waals surface area contributed by atoms with Crippen molar-refractivity contribution in [3.63, 3.8) is 0 Å². The minimum Gasteiger partial charge on any atom is -0.357 e. The number of fused-ring (bicyclic) bond motifs is 5. The third-order valence-electron chi connectivity index (χ3n) is 7.27. The number of amides is 3. The van der Waals surface area contributed by atoms with Crippen molar-refractivity contribution in [2.24, 2.45) is 11.8 Å². The SMILES string of the molecule is O=C(Nc1cccc(C(F)(F)F)c1)C1C2C(=O)N(c3ccc(F)cc3)C(=O)C2C2c3ccccc3C=CN12. The summed E-state index contributed by atoms with van der Waals surface area (Å²) >= 11 is 0. The highest BCUT2D eigenvalue weighted by molar-refractivity contribution is 6.24. The summed E-state index contributed by atoms with van der Waals surface area (Å²) in [7, 11) is 0. The summed E-state index contributed by atoms with van der Waals surface area (Å²) in [5, 5.41) is 2.52. The van der Waals surface area contributed by atoms with E-state index < -0.39 is 59.2 Å². The molecule has 0 radical (unpaired) electrons. The lowest BCUT2D eigenvalue weighted by atomic mass is 9.84. The van der Waals surface area contributed by atoms with E-state index in [9.17, 15) is 31.9 Å². The molecule has 4 atom stereocenters. The zero-order valence-corrected chi connectivity index (χ0v) is 19.5. The van der Waals surface area contributed by atoms with Gasteiger partial charge in [-0.15, -0.1) is 0 Å². The Morgan fingerprint density at radius 3 is 2.32 bits per heavy atom. The maximum absolute atomic E-state index is 13.7. The Bertz CT molecular complexity index is 1500. The van der Waals surface area contributed by atoms with Crippen molar-refractivity contribution in [2.45, 2.75) is 18.3 Å². The van der Waals surface area contributed by atoms with Gasteiger partial charge in [0.1, 0.15) is 11.9 Å². The average Bonchev–Trinajstić information content (AvgIpc) is 3.37. The van der Waals surface area contributed by atoms with Crippen LogP contribution in [0, 0.1) is 17.7 Å². The first-order valence-corrected chi connectivity index (χ1v) is 11.8. The monoisotopic (exact) mass is 521 g/mol. The highest BCUT2D eigenvalue weighted by Gasteiger charge is 2.64. The molecule has 192 valence electrons. The predicted octanol–water partition coefficient (Wildman–Crippen LogP) is 5.00. The summed E-state index contributed by atoms with van der Waals surface area (Å²) in [6, 6.07) is 14.6. The van der Waals surface area contributed by atoms with Crippen LogP contribution >= 0.6 is 0 Å². The Morgan fingerprint density at radius 2 is 1.58 bits per heavy atom. The number of anilines is 2. The molecule has 3 aliphatic heterocycles. The van der Waals surface area contributed by atoms with Crippen LogP contribution in [0.5, 0.6) is 0 Å². The molecule has 6 nitrogen and oxygen atoms in total. The second kappa shape index (κ2) is 8.54. The van der Waals surface area contributed by atoms with Gasteiger partial charge in [-0.1, -0.05) is 30.3 Å². The molecule has 0 aliphatic carbocycles. The highest BCUT2D eigenvalue weighted by Crippen LogP contribution is 2.53. The van der Waals surface area contributed by atoms with E-state index in [0.29, 0.717) is 0 Å². The van der Waals surface area contributed by atoms with E-state index in [1.165, 1.54) is 24.3 Å². The van der Waals surface area contributed by atoms with Crippen molar-refractivity contribution in [1.29, 1.82) is 0 Å². The molecule has 6 rings (SSSR count). The molecule has 2 fully saturated rings. The van der Waals surface area contributed by atoms with Gasteiger partial charge in [0.25, 0.3) is 0 Å². The summed E-state index contributed by atoms with van der Waals surface area (Å²) < 4.78 is 53.2. The number of nitrogens with zero attached hydrogens (tertiary/aromatic N) is 2. The van der Waals surface area contributed by atoms with E-state index in [1.54, 1.807) is 23.2 Å². The van der Waals surface area contributed by atoms with E-state index in [-0.39, 0.29) is 11.4 Å². The molecule has 0 spiro atoms. The lowest BCUT2D eigenvalue weighted by molar-refractivity contribution is -0.137. The molecular weight excluding hydrogens is 502 g/mol. The number of imide groups is 1. The van der Waals surface area contributed by atoms with Gasteiger partial charge in [-0.25, -0.2) is 9.29 Å². The molecule has 4 unspecified atom stereocenters. The number of alkyl halides is 3. The second-order valence-corrected chi connectivity index (χ2v) is 9.39. The van der Waals surface area contributed by atoms with Crippen LogP contribution in [0.15, 0.2) is 79.0 Å². The number of halogens is 4. The number of benzene rings is 3. The Hall–Kier alpha value is -4.47. The van der Waals surface area contributed by atoms with Crippen molar-refractivity contribution in [2.75, 3.05) is 10.2 Å². The topological polar surface area (TPSA) is 69.7 Å². The molecule has 0 saturated carbocycles. The summed E-state index contributed by atoms with van der Waals surface area (Å²) in [6.07, 6.45) is -1.19. The van der Waals surface area contributed by atoms with Crippen molar-refractivity contribution < 1.29 is 31.9 Å². The molecular formula is C28H19F4N3O3. The van der Waals surface area contributed by atoms with Crippen LogP contribution in [0.1, 0.15) is 22.7 Å². The number of rotatable bonds is 3. The molecule has 3 aromatic rings. The van der Waals surface area contributed by atoms with E-state index in [4.69, 9.17) is 0 Å². The first-order chi connectivity index (χ1) is 18.1. The second-order valence-electron chi connectivity index (χ2n) is 9.39. The summed E-state index contributed by atoms with van der Waals surface area (Å²) in [4.78, 5) is 43.7. The zero-order chi connectivity index (χ0) is 26.8. The first kappa shape index (κ1) is 23.9. The molecule has 2 saturated heterocycles. The molecule has 3 amide bonds. The fourth-order valence-electron chi connectivity index (χ4n) is 5.69. The van der Waals surface area contributed by atoms with Crippen LogP contribution in [0.4, 0.5) is 28.9 Å². The molecule has 0 bridgehead atoms. The lowest BCUT2D eigenvalue weighted by Crippen LogP contribution is -2.46. The highest BCUT2D eigenvalue weighted by atomic mass is 19.4. The van der Waals surface area contributed by atoms with Gasteiger partial charge in [0.15, 0.2) is 0 Å².